The average molecular weight is 626 g/mol. The third-order valence-corrected chi connectivity index (χ3v) is 10.4. The van der Waals surface area contributed by atoms with Gasteiger partial charge >= 0.3 is 0 Å². The van der Waals surface area contributed by atoms with E-state index < -0.39 is 0 Å². The van der Waals surface area contributed by atoms with Crippen LogP contribution in [0.3, 0.4) is 0 Å². The molecule has 10 heteroatoms. The zero-order valence-electron chi connectivity index (χ0n) is 28.2. The first-order valence-electron chi connectivity index (χ1n) is 17.2. The lowest BCUT2D eigenvalue weighted by atomic mass is 9.88. The van der Waals surface area contributed by atoms with Gasteiger partial charge in [0.25, 0.3) is 0 Å². The molecular formula is C36H51N9O. The Kier molecular flexibility index (Phi) is 10.1. The van der Waals surface area contributed by atoms with E-state index in [2.05, 4.69) is 64.0 Å². The van der Waals surface area contributed by atoms with E-state index in [9.17, 15) is 10.1 Å². The summed E-state index contributed by atoms with van der Waals surface area (Å²) in [6.45, 7) is 5.58. The van der Waals surface area contributed by atoms with Gasteiger partial charge in [0.15, 0.2) is 0 Å². The quantitative estimate of drug-likeness (QED) is 0.410. The van der Waals surface area contributed by atoms with Gasteiger partial charge in [0.05, 0.1) is 24.2 Å². The maximum Gasteiger partial charge on any atom is 0.246 e. The molecule has 2 atom stereocenters. The normalized spacial score (nSPS) is 22.4. The van der Waals surface area contributed by atoms with Crippen molar-refractivity contribution in [3.8, 4) is 6.07 Å². The molecule has 1 aromatic carbocycles. The molecule has 246 valence electrons. The van der Waals surface area contributed by atoms with Crippen LogP contribution in [0.1, 0.15) is 48.9 Å². The highest BCUT2D eigenvalue weighted by Gasteiger charge is 2.36. The molecule has 46 heavy (non-hydrogen) atoms. The SMILES string of the molecule is CN(C)CC=CC(=O)N1CCN(c2nc(N3CCC(N(C)C)CC3)nc3c2CCC(N2CCCc4ccccc42)C3)CC1CC#N. The summed E-state index contributed by atoms with van der Waals surface area (Å²) in [6, 6.07) is 12.1. The third kappa shape index (κ3) is 7.01. The predicted octanol–water partition coefficient (Wildman–Crippen LogP) is 3.37. The fourth-order valence-corrected chi connectivity index (χ4v) is 7.84. The Balaban J connectivity index is 1.28. The van der Waals surface area contributed by atoms with Crippen LogP contribution >= 0.6 is 0 Å². The van der Waals surface area contributed by atoms with Crippen LogP contribution in [0.25, 0.3) is 0 Å². The molecule has 2 fully saturated rings. The number of aryl methyl sites for hydroxylation is 1. The van der Waals surface area contributed by atoms with E-state index in [0.717, 1.165) is 69.9 Å². The lowest BCUT2D eigenvalue weighted by Gasteiger charge is -2.43. The van der Waals surface area contributed by atoms with Crippen LogP contribution in [0.2, 0.25) is 0 Å². The maximum atomic E-state index is 13.2. The highest BCUT2D eigenvalue weighted by Crippen LogP contribution is 2.37. The van der Waals surface area contributed by atoms with Crippen LogP contribution in [0, 0.1) is 11.3 Å². The molecule has 4 aliphatic rings. The van der Waals surface area contributed by atoms with Crippen LogP contribution < -0.4 is 14.7 Å². The Labute approximate surface area is 275 Å². The lowest BCUT2D eigenvalue weighted by molar-refractivity contribution is -0.128. The summed E-state index contributed by atoms with van der Waals surface area (Å²) < 4.78 is 0. The Bertz CT molecular complexity index is 1440. The van der Waals surface area contributed by atoms with E-state index in [1.54, 1.807) is 6.08 Å². The lowest BCUT2D eigenvalue weighted by Crippen LogP contribution is -2.55. The number of nitrogens with zero attached hydrogens (tertiary/aromatic N) is 9. The topological polar surface area (TPSA) is 86.1 Å². The highest BCUT2D eigenvalue weighted by molar-refractivity contribution is 5.88. The van der Waals surface area contributed by atoms with Gasteiger partial charge < -0.3 is 29.4 Å². The van der Waals surface area contributed by atoms with Crippen molar-refractivity contribution >= 4 is 23.4 Å². The second kappa shape index (κ2) is 14.4. The first-order valence-corrected chi connectivity index (χ1v) is 17.2. The van der Waals surface area contributed by atoms with Crippen molar-refractivity contribution in [1.82, 2.24) is 24.7 Å². The van der Waals surface area contributed by atoms with Crippen molar-refractivity contribution in [1.29, 1.82) is 5.26 Å². The number of carbonyl (C=O) groups is 1. The molecule has 1 aliphatic carbocycles. The van der Waals surface area contributed by atoms with E-state index in [4.69, 9.17) is 9.97 Å². The summed E-state index contributed by atoms with van der Waals surface area (Å²) in [4.78, 5) is 37.5. The number of aromatic nitrogens is 2. The van der Waals surface area contributed by atoms with Crippen molar-refractivity contribution in [3.05, 3.63) is 53.2 Å². The number of piperazine rings is 1. The smallest absolute Gasteiger partial charge is 0.246 e. The van der Waals surface area contributed by atoms with E-state index in [0.29, 0.717) is 44.7 Å². The Hall–Kier alpha value is -3.68. The van der Waals surface area contributed by atoms with Gasteiger partial charge in [0.1, 0.15) is 5.82 Å². The predicted molar refractivity (Wildman–Crippen MR) is 185 cm³/mol. The Morgan fingerprint density at radius 3 is 2.57 bits per heavy atom. The fourth-order valence-electron chi connectivity index (χ4n) is 7.84. The summed E-state index contributed by atoms with van der Waals surface area (Å²) in [6.07, 6.45) is 11.3. The molecule has 3 aliphatic heterocycles. The first-order chi connectivity index (χ1) is 22.3. The first kappa shape index (κ1) is 32.3. The van der Waals surface area contributed by atoms with Gasteiger partial charge in [-0.15, -0.1) is 0 Å². The van der Waals surface area contributed by atoms with Crippen LogP contribution in [-0.4, -0.2) is 123 Å². The summed E-state index contributed by atoms with van der Waals surface area (Å²) in [5, 5.41) is 9.74. The van der Waals surface area contributed by atoms with E-state index in [1.165, 1.54) is 28.9 Å². The van der Waals surface area contributed by atoms with Crippen molar-refractivity contribution in [3.63, 3.8) is 0 Å². The minimum absolute atomic E-state index is 0.0134. The molecule has 2 aromatic rings. The van der Waals surface area contributed by atoms with Gasteiger partial charge in [-0.05, 0) is 78.3 Å². The van der Waals surface area contributed by atoms with Crippen molar-refractivity contribution < 1.29 is 4.79 Å². The molecule has 0 saturated carbocycles. The molecule has 0 bridgehead atoms. The van der Waals surface area contributed by atoms with E-state index >= 15 is 0 Å². The van der Waals surface area contributed by atoms with Crippen molar-refractivity contribution in [2.45, 2.75) is 69.5 Å². The number of fused-ring (bicyclic) bond motifs is 2. The standard InChI is InChI=1S/C36H51N9O/c1-40(2)19-8-12-34(46)45-24-23-43(26-30(45)15-18-37)35-31-14-13-29(44-20-7-10-27-9-5-6-11-33(27)44)25-32(31)38-36(39-35)42-21-16-28(17-22-42)41(3)4/h5-6,8-9,11-12,28-30H,7,10,13-17,19-26H2,1-4H3. The number of hydrogen-bond donors (Lipinski definition) is 0. The van der Waals surface area contributed by atoms with Crippen LogP contribution in [0.5, 0.6) is 0 Å². The second-order valence-corrected chi connectivity index (χ2v) is 13.9. The van der Waals surface area contributed by atoms with Gasteiger partial charge in [0, 0.05) is 81.6 Å². The number of rotatable bonds is 8. The number of benzene rings is 1. The van der Waals surface area contributed by atoms with Crippen LogP contribution in [0.4, 0.5) is 17.5 Å². The number of hydrogen-bond acceptors (Lipinski definition) is 9. The van der Waals surface area contributed by atoms with Gasteiger partial charge in [-0.3, -0.25) is 4.79 Å². The third-order valence-electron chi connectivity index (χ3n) is 10.4. The van der Waals surface area contributed by atoms with E-state index in [1.807, 2.05) is 30.0 Å². The molecule has 6 rings (SSSR count). The highest BCUT2D eigenvalue weighted by atomic mass is 16.2. The van der Waals surface area contributed by atoms with Crippen LogP contribution in [0.15, 0.2) is 36.4 Å². The van der Waals surface area contributed by atoms with Crippen molar-refractivity contribution in [2.24, 2.45) is 0 Å². The minimum Gasteiger partial charge on any atom is -0.368 e. The number of para-hydroxylation sites is 1. The summed E-state index contributed by atoms with van der Waals surface area (Å²) in [7, 11) is 8.32. The number of anilines is 3. The van der Waals surface area contributed by atoms with Crippen molar-refractivity contribution in [2.75, 3.05) is 88.7 Å². The second-order valence-electron chi connectivity index (χ2n) is 13.9. The largest absolute Gasteiger partial charge is 0.368 e. The zero-order valence-corrected chi connectivity index (χ0v) is 28.2. The monoisotopic (exact) mass is 625 g/mol. The summed E-state index contributed by atoms with van der Waals surface area (Å²) in [5.41, 5.74) is 5.29. The molecule has 2 unspecified atom stereocenters. The average Bonchev–Trinajstić information content (AvgIpc) is 3.07. The number of nitriles is 1. The molecule has 2 saturated heterocycles. The number of piperidine rings is 1. The molecule has 1 aromatic heterocycles. The van der Waals surface area contributed by atoms with Gasteiger partial charge in [-0.25, -0.2) is 4.98 Å². The summed E-state index contributed by atoms with van der Waals surface area (Å²) >= 11 is 0. The summed E-state index contributed by atoms with van der Waals surface area (Å²) in [5.74, 6) is 1.85. The molecule has 0 N–H and O–H groups in total. The molecule has 0 radical (unpaired) electrons. The molecule has 1 amide bonds. The Morgan fingerprint density at radius 2 is 1.80 bits per heavy atom. The van der Waals surface area contributed by atoms with Gasteiger partial charge in [-0.1, -0.05) is 24.3 Å². The van der Waals surface area contributed by atoms with E-state index in [-0.39, 0.29) is 11.9 Å². The zero-order chi connectivity index (χ0) is 32.2. The Morgan fingerprint density at radius 1 is 1.00 bits per heavy atom. The number of likely N-dealkylation sites (N-methyl/N-ethyl adjacent to an activating group) is 1. The number of amides is 1. The molecule has 10 nitrogen and oxygen atoms in total. The fraction of sp³-hybridized carbons (Fsp3) is 0.611. The van der Waals surface area contributed by atoms with Gasteiger partial charge in [-0.2, -0.15) is 10.2 Å². The molecule has 4 heterocycles. The minimum atomic E-state index is -0.179. The maximum absolute atomic E-state index is 13.2. The van der Waals surface area contributed by atoms with Gasteiger partial charge in [0.2, 0.25) is 11.9 Å². The molecular weight excluding hydrogens is 574 g/mol. The van der Waals surface area contributed by atoms with Crippen LogP contribution in [-0.2, 0) is 24.1 Å². The molecule has 0 spiro atoms. The number of carbonyl (C=O) groups excluding carboxylic acids is 1.